The zero-order valence-corrected chi connectivity index (χ0v) is 15.4. The molecule has 0 saturated carbocycles. The normalized spacial score (nSPS) is 17.5. The van der Waals surface area contributed by atoms with Gasteiger partial charge in [-0.2, -0.15) is 0 Å². The van der Waals surface area contributed by atoms with Gasteiger partial charge in [-0.25, -0.2) is 13.1 Å². The summed E-state index contributed by atoms with van der Waals surface area (Å²) in [4.78, 5) is 2.47. The van der Waals surface area contributed by atoms with Crippen LogP contribution in [0.2, 0.25) is 0 Å². The molecule has 1 unspecified atom stereocenters. The number of rotatable bonds is 6. The average molecular weight is 364 g/mol. The summed E-state index contributed by atoms with van der Waals surface area (Å²) in [5.74, 6) is 0.754. The number of furan rings is 1. The van der Waals surface area contributed by atoms with E-state index in [0.717, 1.165) is 30.0 Å². The molecule has 1 aliphatic rings. The van der Waals surface area contributed by atoms with Crippen molar-refractivity contribution in [3.63, 3.8) is 0 Å². The van der Waals surface area contributed by atoms with Crippen LogP contribution in [0, 0.1) is 13.8 Å². The van der Waals surface area contributed by atoms with Crippen LogP contribution in [0.15, 0.2) is 45.9 Å². The van der Waals surface area contributed by atoms with E-state index in [2.05, 4.69) is 9.62 Å². The summed E-state index contributed by atoms with van der Waals surface area (Å²) in [5, 5.41) is 0. The summed E-state index contributed by atoms with van der Waals surface area (Å²) in [6.07, 6.45) is 1.61. The standard InChI is InChI=1S/C18H24N2O4S/c1-14-5-6-16(12-15(14)2)25(21,22)19-13-17(18-4-3-9-24-18)20-7-10-23-11-8-20/h3-6,9,12,17,19H,7-8,10-11,13H2,1-2H3. The van der Waals surface area contributed by atoms with Crippen LogP contribution in [0.4, 0.5) is 0 Å². The predicted molar refractivity (Wildman–Crippen MR) is 94.9 cm³/mol. The van der Waals surface area contributed by atoms with Gasteiger partial charge >= 0.3 is 0 Å². The van der Waals surface area contributed by atoms with Gasteiger partial charge in [0.15, 0.2) is 0 Å². The molecule has 1 aliphatic heterocycles. The third-order valence-electron chi connectivity index (χ3n) is 4.61. The van der Waals surface area contributed by atoms with Crippen molar-refractivity contribution in [2.45, 2.75) is 24.8 Å². The van der Waals surface area contributed by atoms with Crippen LogP contribution in [0.25, 0.3) is 0 Å². The third kappa shape index (κ3) is 4.30. The quantitative estimate of drug-likeness (QED) is 0.851. The van der Waals surface area contributed by atoms with Gasteiger partial charge in [0.1, 0.15) is 5.76 Å². The van der Waals surface area contributed by atoms with Crippen LogP contribution in [0.3, 0.4) is 0 Å². The fourth-order valence-corrected chi connectivity index (χ4v) is 4.06. The zero-order chi connectivity index (χ0) is 17.9. The number of aryl methyl sites for hydroxylation is 2. The van der Waals surface area contributed by atoms with E-state index in [1.165, 1.54) is 0 Å². The van der Waals surface area contributed by atoms with E-state index in [1.54, 1.807) is 18.4 Å². The molecule has 2 aromatic rings. The lowest BCUT2D eigenvalue weighted by Gasteiger charge is -2.33. The van der Waals surface area contributed by atoms with Gasteiger partial charge in [-0.05, 0) is 49.2 Å². The lowest BCUT2D eigenvalue weighted by atomic mass is 10.1. The second kappa shape index (κ2) is 7.70. The number of hydrogen-bond donors (Lipinski definition) is 1. The maximum atomic E-state index is 12.7. The molecule has 0 bridgehead atoms. The van der Waals surface area contributed by atoms with E-state index in [4.69, 9.17) is 9.15 Å². The van der Waals surface area contributed by atoms with E-state index in [0.29, 0.717) is 13.2 Å². The molecule has 1 N–H and O–H groups in total. The second-order valence-corrected chi connectivity index (χ2v) is 8.04. The highest BCUT2D eigenvalue weighted by Gasteiger charge is 2.27. The molecule has 1 saturated heterocycles. The Kier molecular flexibility index (Phi) is 5.58. The SMILES string of the molecule is Cc1ccc(S(=O)(=O)NCC(c2ccco2)N2CCOCC2)cc1C. The van der Waals surface area contributed by atoms with Crippen LogP contribution in [-0.2, 0) is 14.8 Å². The van der Waals surface area contributed by atoms with Crippen molar-refractivity contribution in [1.29, 1.82) is 0 Å². The Balaban J connectivity index is 1.76. The molecular weight excluding hydrogens is 340 g/mol. The van der Waals surface area contributed by atoms with E-state index >= 15 is 0 Å². The highest BCUT2D eigenvalue weighted by molar-refractivity contribution is 7.89. The minimum atomic E-state index is -3.57. The summed E-state index contributed by atoms with van der Waals surface area (Å²) < 4.78 is 39.0. The van der Waals surface area contributed by atoms with Crippen molar-refractivity contribution in [3.8, 4) is 0 Å². The molecule has 7 heteroatoms. The molecule has 2 heterocycles. The highest BCUT2D eigenvalue weighted by atomic mass is 32.2. The molecule has 0 amide bonds. The molecule has 136 valence electrons. The van der Waals surface area contributed by atoms with Gasteiger partial charge < -0.3 is 9.15 Å². The predicted octanol–water partition coefficient (Wildman–Crippen LogP) is 2.25. The third-order valence-corrected chi connectivity index (χ3v) is 6.03. The largest absolute Gasteiger partial charge is 0.468 e. The molecule has 3 rings (SSSR count). The number of morpholine rings is 1. The second-order valence-electron chi connectivity index (χ2n) is 6.28. The van der Waals surface area contributed by atoms with Crippen LogP contribution in [0.5, 0.6) is 0 Å². The Labute approximate surface area is 148 Å². The number of hydrogen-bond acceptors (Lipinski definition) is 5. The van der Waals surface area contributed by atoms with Crippen molar-refractivity contribution >= 4 is 10.0 Å². The van der Waals surface area contributed by atoms with Crippen molar-refractivity contribution < 1.29 is 17.6 Å². The average Bonchev–Trinajstić information content (AvgIpc) is 3.12. The zero-order valence-electron chi connectivity index (χ0n) is 14.6. The number of sulfonamides is 1. The van der Waals surface area contributed by atoms with Crippen molar-refractivity contribution in [2.75, 3.05) is 32.8 Å². The van der Waals surface area contributed by atoms with Crippen LogP contribution in [0.1, 0.15) is 22.9 Å². The van der Waals surface area contributed by atoms with Gasteiger partial charge in [-0.15, -0.1) is 0 Å². The molecule has 1 fully saturated rings. The number of ether oxygens (including phenoxy) is 1. The lowest BCUT2D eigenvalue weighted by Crippen LogP contribution is -2.43. The molecule has 1 aromatic carbocycles. The van der Waals surface area contributed by atoms with Gasteiger partial charge in [0.25, 0.3) is 0 Å². The minimum absolute atomic E-state index is 0.153. The van der Waals surface area contributed by atoms with Crippen molar-refractivity contribution in [3.05, 3.63) is 53.5 Å². The number of nitrogens with zero attached hydrogens (tertiary/aromatic N) is 1. The van der Waals surface area contributed by atoms with Gasteiger partial charge in [-0.1, -0.05) is 6.07 Å². The van der Waals surface area contributed by atoms with Gasteiger partial charge in [0, 0.05) is 19.6 Å². The topological polar surface area (TPSA) is 71.8 Å². The maximum Gasteiger partial charge on any atom is 0.240 e. The Bertz CT molecular complexity index is 796. The lowest BCUT2D eigenvalue weighted by molar-refractivity contribution is 0.0128. The molecule has 0 radical (unpaired) electrons. The summed E-state index contributed by atoms with van der Waals surface area (Å²) in [5.41, 5.74) is 2.03. The molecular formula is C18H24N2O4S. The van der Waals surface area contributed by atoms with E-state index < -0.39 is 10.0 Å². The van der Waals surface area contributed by atoms with Gasteiger partial charge in [0.05, 0.1) is 30.4 Å². The first-order chi connectivity index (χ1) is 12.0. The fraction of sp³-hybridized carbons (Fsp3) is 0.444. The Hall–Kier alpha value is -1.67. The van der Waals surface area contributed by atoms with Gasteiger partial charge in [0.2, 0.25) is 10.0 Å². The Morgan fingerprint density at radius 3 is 2.56 bits per heavy atom. The summed E-state index contributed by atoms with van der Waals surface area (Å²) >= 11 is 0. The number of nitrogens with one attached hydrogen (secondary N) is 1. The van der Waals surface area contributed by atoms with Crippen LogP contribution in [-0.4, -0.2) is 46.2 Å². The van der Waals surface area contributed by atoms with E-state index in [-0.39, 0.29) is 17.5 Å². The molecule has 0 aliphatic carbocycles. The van der Waals surface area contributed by atoms with Crippen LogP contribution >= 0.6 is 0 Å². The fourth-order valence-electron chi connectivity index (χ4n) is 2.93. The first-order valence-corrected chi connectivity index (χ1v) is 9.88. The molecule has 25 heavy (non-hydrogen) atoms. The smallest absolute Gasteiger partial charge is 0.240 e. The summed E-state index contributed by atoms with van der Waals surface area (Å²) in [7, 11) is -3.57. The maximum absolute atomic E-state index is 12.7. The summed E-state index contributed by atoms with van der Waals surface area (Å²) in [6.45, 7) is 6.90. The summed E-state index contributed by atoms with van der Waals surface area (Å²) in [6, 6.07) is 8.72. The van der Waals surface area contributed by atoms with Crippen molar-refractivity contribution in [1.82, 2.24) is 9.62 Å². The highest BCUT2D eigenvalue weighted by Crippen LogP contribution is 2.23. The Morgan fingerprint density at radius 1 is 1.16 bits per heavy atom. The van der Waals surface area contributed by atoms with E-state index in [1.807, 2.05) is 32.0 Å². The first kappa shape index (κ1) is 18.1. The monoisotopic (exact) mass is 364 g/mol. The molecule has 6 nitrogen and oxygen atoms in total. The van der Waals surface area contributed by atoms with E-state index in [9.17, 15) is 8.42 Å². The van der Waals surface area contributed by atoms with Crippen molar-refractivity contribution in [2.24, 2.45) is 0 Å². The Morgan fingerprint density at radius 2 is 1.92 bits per heavy atom. The molecule has 0 spiro atoms. The number of benzene rings is 1. The molecule has 1 atom stereocenters. The minimum Gasteiger partial charge on any atom is -0.468 e. The first-order valence-electron chi connectivity index (χ1n) is 8.39. The van der Waals surface area contributed by atoms with Crippen LogP contribution < -0.4 is 4.72 Å². The van der Waals surface area contributed by atoms with Gasteiger partial charge in [-0.3, -0.25) is 4.90 Å². The molecule has 1 aromatic heterocycles.